The van der Waals surface area contributed by atoms with Crippen molar-refractivity contribution < 1.29 is 0 Å². The second kappa shape index (κ2) is 14.9. The number of aryl methyl sites for hydroxylation is 1. The fourth-order valence-corrected chi connectivity index (χ4v) is 7.88. The fraction of sp³-hybridized carbons (Fsp3) is 0.120. The molecule has 0 aromatic heterocycles. The van der Waals surface area contributed by atoms with Crippen LogP contribution in [0.3, 0.4) is 0 Å². The Morgan fingerprint density at radius 2 is 1.04 bits per heavy atom. The smallest absolute Gasteiger partial charge is 0.0450 e. The van der Waals surface area contributed by atoms with E-state index >= 15 is 0 Å². The van der Waals surface area contributed by atoms with Crippen LogP contribution < -0.4 is 4.90 Å². The highest BCUT2D eigenvalue weighted by atomic mass is 15.2. The number of rotatable bonds is 9. The van der Waals surface area contributed by atoms with E-state index < -0.39 is 0 Å². The van der Waals surface area contributed by atoms with Crippen molar-refractivity contribution in [2.75, 3.05) is 4.90 Å². The van der Waals surface area contributed by atoms with Crippen molar-refractivity contribution in [2.45, 2.75) is 38.1 Å². The standard InChI is InChI=1S/C50H43N/c1-37-26-31-43(32-27-37)46(42-20-9-4-10-21-42)22-11-14-38-28-33-44(34-29-38)51-49-25-13-24-47(49)48-36-39(30-35-50(48)51)15-12-23-45(40-16-5-2-6-17-40)41-18-7-3-8-19-41/h2-12,14-23,26-36,47,49H,13,24-25H2,1H3/b14-11+,15-12+,46-22+. The van der Waals surface area contributed by atoms with Gasteiger partial charge in [0, 0.05) is 23.3 Å². The Bertz CT molecular complexity index is 2160. The lowest BCUT2D eigenvalue weighted by atomic mass is 9.95. The zero-order chi connectivity index (χ0) is 34.4. The fourth-order valence-electron chi connectivity index (χ4n) is 7.88. The van der Waals surface area contributed by atoms with Crippen LogP contribution in [0, 0.1) is 6.92 Å². The highest BCUT2D eigenvalue weighted by Gasteiger charge is 2.42. The Labute approximate surface area is 303 Å². The van der Waals surface area contributed by atoms with Crippen LogP contribution in [0.5, 0.6) is 0 Å². The van der Waals surface area contributed by atoms with E-state index in [1.54, 1.807) is 0 Å². The molecule has 1 fully saturated rings. The molecule has 0 radical (unpaired) electrons. The number of allylic oxidation sites excluding steroid dienone is 4. The molecule has 2 unspecified atom stereocenters. The number of benzene rings is 6. The molecule has 1 aliphatic carbocycles. The molecule has 6 aromatic carbocycles. The normalized spacial score (nSPS) is 16.8. The number of hydrogen-bond donors (Lipinski definition) is 0. The molecule has 1 heterocycles. The van der Waals surface area contributed by atoms with E-state index in [0.29, 0.717) is 12.0 Å². The Kier molecular flexibility index (Phi) is 9.44. The van der Waals surface area contributed by atoms with E-state index in [9.17, 15) is 0 Å². The summed E-state index contributed by atoms with van der Waals surface area (Å²) >= 11 is 0. The maximum Gasteiger partial charge on any atom is 0.0450 e. The molecule has 1 heteroatoms. The Morgan fingerprint density at radius 3 is 1.61 bits per heavy atom. The molecule has 0 N–H and O–H groups in total. The quantitative estimate of drug-likeness (QED) is 0.140. The highest BCUT2D eigenvalue weighted by molar-refractivity contribution is 5.83. The molecular weight excluding hydrogens is 615 g/mol. The van der Waals surface area contributed by atoms with Crippen LogP contribution in [0.1, 0.15) is 69.7 Å². The molecule has 1 nitrogen and oxygen atoms in total. The Balaban J connectivity index is 1.03. The molecular formula is C50H43N. The van der Waals surface area contributed by atoms with Crippen molar-refractivity contribution in [3.63, 3.8) is 0 Å². The summed E-state index contributed by atoms with van der Waals surface area (Å²) in [6, 6.07) is 57.5. The van der Waals surface area contributed by atoms with Crippen molar-refractivity contribution in [3.05, 3.63) is 227 Å². The summed E-state index contributed by atoms with van der Waals surface area (Å²) in [4.78, 5) is 2.61. The molecule has 1 aliphatic heterocycles. The topological polar surface area (TPSA) is 3.24 Å². The second-order valence-corrected chi connectivity index (χ2v) is 13.7. The van der Waals surface area contributed by atoms with Crippen molar-refractivity contribution >= 4 is 34.7 Å². The lowest BCUT2D eigenvalue weighted by Crippen LogP contribution is -2.26. The third kappa shape index (κ3) is 7.07. The molecule has 0 amide bonds. The van der Waals surface area contributed by atoms with Crippen molar-refractivity contribution in [1.29, 1.82) is 0 Å². The van der Waals surface area contributed by atoms with Gasteiger partial charge in [-0.05, 0) is 94.1 Å². The van der Waals surface area contributed by atoms with Gasteiger partial charge in [0.25, 0.3) is 0 Å². The average Bonchev–Trinajstić information content (AvgIpc) is 3.78. The lowest BCUT2D eigenvalue weighted by Gasteiger charge is -2.27. The molecule has 248 valence electrons. The van der Waals surface area contributed by atoms with E-state index in [2.05, 4.69) is 206 Å². The molecule has 0 saturated heterocycles. The minimum absolute atomic E-state index is 0.522. The minimum Gasteiger partial charge on any atom is -0.338 e. The highest BCUT2D eigenvalue weighted by Crippen LogP contribution is 2.52. The third-order valence-electron chi connectivity index (χ3n) is 10.4. The van der Waals surface area contributed by atoms with Crippen molar-refractivity contribution in [2.24, 2.45) is 0 Å². The molecule has 6 aromatic rings. The van der Waals surface area contributed by atoms with E-state index in [1.807, 2.05) is 0 Å². The first-order valence-corrected chi connectivity index (χ1v) is 18.2. The molecule has 51 heavy (non-hydrogen) atoms. The van der Waals surface area contributed by atoms with Gasteiger partial charge in [0.05, 0.1) is 0 Å². The van der Waals surface area contributed by atoms with Crippen LogP contribution in [0.2, 0.25) is 0 Å². The molecule has 2 atom stereocenters. The van der Waals surface area contributed by atoms with E-state index in [1.165, 1.54) is 86.3 Å². The van der Waals surface area contributed by atoms with E-state index in [0.717, 1.165) is 0 Å². The van der Waals surface area contributed by atoms with Crippen LogP contribution in [0.15, 0.2) is 182 Å². The van der Waals surface area contributed by atoms with E-state index in [4.69, 9.17) is 0 Å². The maximum atomic E-state index is 2.61. The number of nitrogens with zero attached hydrogens (tertiary/aromatic N) is 1. The van der Waals surface area contributed by atoms with Gasteiger partial charge in [0.1, 0.15) is 0 Å². The van der Waals surface area contributed by atoms with Crippen LogP contribution in [-0.4, -0.2) is 6.04 Å². The summed E-state index contributed by atoms with van der Waals surface area (Å²) in [5.41, 5.74) is 15.2. The summed E-state index contributed by atoms with van der Waals surface area (Å²) in [7, 11) is 0. The summed E-state index contributed by atoms with van der Waals surface area (Å²) in [6.45, 7) is 2.13. The van der Waals surface area contributed by atoms with Gasteiger partial charge in [0.2, 0.25) is 0 Å². The first-order valence-electron chi connectivity index (χ1n) is 18.2. The van der Waals surface area contributed by atoms with Gasteiger partial charge in [0.15, 0.2) is 0 Å². The number of hydrogen-bond acceptors (Lipinski definition) is 1. The lowest BCUT2D eigenvalue weighted by molar-refractivity contribution is 0.642. The van der Waals surface area contributed by atoms with Crippen LogP contribution in [0.4, 0.5) is 11.4 Å². The largest absolute Gasteiger partial charge is 0.338 e. The summed E-state index contributed by atoms with van der Waals surface area (Å²) in [5.74, 6) is 0.580. The first kappa shape index (κ1) is 32.3. The molecule has 8 rings (SSSR count). The van der Waals surface area contributed by atoms with Gasteiger partial charge in [-0.1, -0.05) is 182 Å². The molecule has 0 spiro atoms. The van der Waals surface area contributed by atoms with Gasteiger partial charge in [-0.2, -0.15) is 0 Å². The van der Waals surface area contributed by atoms with E-state index in [-0.39, 0.29) is 0 Å². The van der Waals surface area contributed by atoms with Crippen molar-refractivity contribution in [3.8, 4) is 0 Å². The predicted octanol–water partition coefficient (Wildman–Crippen LogP) is 13.1. The SMILES string of the molecule is Cc1ccc(/C(=C/C=C/c2ccc(N3c4ccc(/C=C/C=C(c5ccccc5)c5ccccc5)cc4C4CCCC43)cc2)c2ccccc2)cc1. The zero-order valence-electron chi connectivity index (χ0n) is 29.2. The van der Waals surface area contributed by atoms with Crippen molar-refractivity contribution in [1.82, 2.24) is 0 Å². The minimum atomic E-state index is 0.522. The van der Waals surface area contributed by atoms with Gasteiger partial charge < -0.3 is 4.90 Å². The van der Waals surface area contributed by atoms with Crippen LogP contribution in [0.25, 0.3) is 23.3 Å². The Hall–Kier alpha value is -5.92. The summed E-state index contributed by atoms with van der Waals surface area (Å²) in [5, 5.41) is 0. The summed E-state index contributed by atoms with van der Waals surface area (Å²) < 4.78 is 0. The Morgan fingerprint density at radius 1 is 0.529 bits per heavy atom. The second-order valence-electron chi connectivity index (χ2n) is 13.7. The summed E-state index contributed by atoms with van der Waals surface area (Å²) in [6.07, 6.45) is 17.1. The van der Waals surface area contributed by atoms with Gasteiger partial charge >= 0.3 is 0 Å². The third-order valence-corrected chi connectivity index (χ3v) is 10.4. The number of fused-ring (bicyclic) bond motifs is 3. The van der Waals surface area contributed by atoms with Crippen LogP contribution in [-0.2, 0) is 0 Å². The number of anilines is 2. The molecule has 0 bridgehead atoms. The molecule has 1 saturated carbocycles. The molecule has 2 aliphatic rings. The van der Waals surface area contributed by atoms with Gasteiger partial charge in [-0.15, -0.1) is 0 Å². The average molecular weight is 658 g/mol. The zero-order valence-corrected chi connectivity index (χ0v) is 29.2. The monoisotopic (exact) mass is 657 g/mol. The first-order chi connectivity index (χ1) is 25.2. The van der Waals surface area contributed by atoms with Gasteiger partial charge in [-0.3, -0.25) is 0 Å². The maximum absolute atomic E-state index is 2.61. The van der Waals surface area contributed by atoms with Crippen LogP contribution >= 0.6 is 0 Å². The van der Waals surface area contributed by atoms with Gasteiger partial charge in [-0.25, -0.2) is 0 Å². The predicted molar refractivity (Wildman–Crippen MR) is 218 cm³/mol.